The smallest absolute Gasteiger partial charge is 0.341 e. The predicted molar refractivity (Wildman–Crippen MR) is 142 cm³/mol. The minimum atomic E-state index is -1.34. The summed E-state index contributed by atoms with van der Waals surface area (Å²) in [5, 5.41) is 13.9. The van der Waals surface area contributed by atoms with Crippen LogP contribution in [-0.4, -0.2) is 66.1 Å². The topological polar surface area (TPSA) is 99.4 Å². The molecule has 0 atom stereocenters. The number of nitrogens with zero attached hydrogens (tertiary/aromatic N) is 4. The summed E-state index contributed by atoms with van der Waals surface area (Å²) in [5.74, 6) is -2.02. The summed E-state index contributed by atoms with van der Waals surface area (Å²) in [7, 11) is 1.44. The lowest BCUT2D eigenvalue weighted by Crippen LogP contribution is -2.48. The lowest BCUT2D eigenvalue weighted by atomic mass is 10.1. The van der Waals surface area contributed by atoms with Crippen LogP contribution >= 0.6 is 0 Å². The fourth-order valence-electron chi connectivity index (χ4n) is 4.90. The van der Waals surface area contributed by atoms with Crippen molar-refractivity contribution in [1.82, 2.24) is 9.47 Å². The van der Waals surface area contributed by atoms with E-state index in [0.717, 1.165) is 24.6 Å². The minimum absolute atomic E-state index is 0.00836. The number of anilines is 2. The highest BCUT2D eigenvalue weighted by molar-refractivity contribution is 5.97. The first kappa shape index (κ1) is 25.7. The number of fused-ring (bicyclic) bond motifs is 1. The largest absolute Gasteiger partial charge is 0.492 e. The van der Waals surface area contributed by atoms with Gasteiger partial charge in [0, 0.05) is 50.7 Å². The van der Waals surface area contributed by atoms with Crippen LogP contribution in [0, 0.1) is 11.6 Å². The first-order valence-electron chi connectivity index (χ1n) is 12.5. The quantitative estimate of drug-likeness (QED) is 0.340. The van der Waals surface area contributed by atoms with Crippen LogP contribution in [0.3, 0.4) is 0 Å². The number of pyridine rings is 1. The summed E-state index contributed by atoms with van der Waals surface area (Å²) >= 11 is 0. The zero-order valence-corrected chi connectivity index (χ0v) is 21.2. The van der Waals surface area contributed by atoms with Crippen molar-refractivity contribution in [2.24, 2.45) is 5.10 Å². The monoisotopic (exact) mass is 525 g/mol. The number of piperazine rings is 1. The Hall–Kier alpha value is -3.99. The lowest BCUT2D eigenvalue weighted by molar-refractivity contribution is 0.0694. The zero-order valence-electron chi connectivity index (χ0n) is 21.2. The van der Waals surface area contributed by atoms with Crippen molar-refractivity contribution in [2.45, 2.75) is 25.8 Å². The Morgan fingerprint density at radius 2 is 1.84 bits per heavy atom. The Bertz CT molecular complexity index is 1460. The molecule has 1 saturated carbocycles. The molecule has 3 aromatic rings. The van der Waals surface area contributed by atoms with E-state index in [1.807, 2.05) is 11.8 Å². The summed E-state index contributed by atoms with van der Waals surface area (Å²) in [6, 6.07) is 7.14. The summed E-state index contributed by atoms with van der Waals surface area (Å²) in [5.41, 5.74) is 4.07. The highest BCUT2D eigenvalue weighted by Gasteiger charge is 2.32. The number of carboxylic acid groups (broad SMARTS) is 1. The SMILES string of the molecule is COc1c(N2CCN(C/C(C)=N/Nc3ccc(F)cc3)CC2)c(F)cc2c(=O)c(C(=O)O)cn(C3CC3)c12. The Morgan fingerprint density at radius 1 is 1.16 bits per heavy atom. The Kier molecular flexibility index (Phi) is 7.02. The van der Waals surface area contributed by atoms with E-state index in [-0.39, 0.29) is 34.2 Å². The molecule has 2 heterocycles. The molecule has 0 spiro atoms. The van der Waals surface area contributed by atoms with Crippen molar-refractivity contribution in [3.63, 3.8) is 0 Å². The Morgan fingerprint density at radius 3 is 2.45 bits per heavy atom. The summed E-state index contributed by atoms with van der Waals surface area (Å²) < 4.78 is 36.0. The van der Waals surface area contributed by atoms with Gasteiger partial charge in [0.1, 0.15) is 17.1 Å². The van der Waals surface area contributed by atoms with Gasteiger partial charge >= 0.3 is 5.97 Å². The predicted octanol–water partition coefficient (Wildman–Crippen LogP) is 3.93. The molecule has 0 amide bonds. The third-order valence-electron chi connectivity index (χ3n) is 6.93. The summed E-state index contributed by atoms with van der Waals surface area (Å²) in [6.45, 7) is 4.86. The van der Waals surface area contributed by atoms with E-state index in [1.165, 1.54) is 25.4 Å². The van der Waals surface area contributed by atoms with Gasteiger partial charge in [-0.1, -0.05) is 0 Å². The number of halogens is 2. The average Bonchev–Trinajstić information content (AvgIpc) is 3.74. The second-order valence-corrected chi connectivity index (χ2v) is 9.68. The number of aromatic carboxylic acids is 1. The molecular formula is C27H29F2N5O4. The van der Waals surface area contributed by atoms with Crippen molar-refractivity contribution in [3.8, 4) is 5.75 Å². The number of hydrogen-bond donors (Lipinski definition) is 2. The van der Waals surface area contributed by atoms with Crippen LogP contribution in [-0.2, 0) is 0 Å². The van der Waals surface area contributed by atoms with Crippen LogP contribution in [0.1, 0.15) is 36.2 Å². The van der Waals surface area contributed by atoms with E-state index in [1.54, 1.807) is 16.7 Å². The highest BCUT2D eigenvalue weighted by atomic mass is 19.1. The number of methoxy groups -OCH3 is 1. The van der Waals surface area contributed by atoms with Gasteiger partial charge in [0.25, 0.3) is 0 Å². The second kappa shape index (κ2) is 10.4. The third kappa shape index (κ3) is 5.06. The molecule has 0 radical (unpaired) electrons. The van der Waals surface area contributed by atoms with E-state index in [4.69, 9.17) is 4.74 Å². The van der Waals surface area contributed by atoms with Crippen LogP contribution in [0.25, 0.3) is 10.9 Å². The van der Waals surface area contributed by atoms with Crippen molar-refractivity contribution < 1.29 is 23.4 Å². The standard InChI is InChI=1S/C27H29F2N5O4/c1-16(30-31-18-5-3-17(28)4-6-18)14-32-9-11-33(12-10-32)24-22(29)13-20-23(26(24)38-2)34(19-7-8-19)15-21(25(20)35)27(36)37/h3-6,13,15,19,31H,7-12,14H2,1-2H3,(H,36,37)/b30-16+. The van der Waals surface area contributed by atoms with Gasteiger partial charge < -0.3 is 19.3 Å². The van der Waals surface area contributed by atoms with Crippen LogP contribution in [0.4, 0.5) is 20.2 Å². The molecule has 1 aliphatic heterocycles. The highest BCUT2D eigenvalue weighted by Crippen LogP contribution is 2.43. The minimum Gasteiger partial charge on any atom is -0.492 e. The fraction of sp³-hybridized carbons (Fsp3) is 0.370. The Labute approximate surface area is 217 Å². The van der Waals surface area contributed by atoms with E-state index >= 15 is 4.39 Å². The zero-order chi connectivity index (χ0) is 27.0. The fourth-order valence-corrected chi connectivity index (χ4v) is 4.90. The maximum Gasteiger partial charge on any atom is 0.341 e. The average molecular weight is 526 g/mol. The molecule has 9 nitrogen and oxygen atoms in total. The van der Waals surface area contributed by atoms with E-state index < -0.39 is 17.2 Å². The maximum absolute atomic E-state index is 15.5. The van der Waals surface area contributed by atoms with E-state index in [2.05, 4.69) is 15.4 Å². The number of carboxylic acids is 1. The van der Waals surface area contributed by atoms with Crippen molar-refractivity contribution in [2.75, 3.05) is 50.2 Å². The van der Waals surface area contributed by atoms with Crippen LogP contribution in [0.15, 0.2) is 46.4 Å². The number of hydrogen-bond acceptors (Lipinski definition) is 7. The van der Waals surface area contributed by atoms with Crippen LogP contribution < -0.4 is 20.5 Å². The number of ether oxygens (including phenoxy) is 1. The normalized spacial score (nSPS) is 16.6. The second-order valence-electron chi connectivity index (χ2n) is 9.68. The molecular weight excluding hydrogens is 496 g/mol. The molecule has 1 aliphatic carbocycles. The van der Waals surface area contributed by atoms with E-state index in [0.29, 0.717) is 43.9 Å². The first-order valence-corrected chi connectivity index (χ1v) is 12.5. The molecule has 2 aromatic carbocycles. The van der Waals surface area contributed by atoms with Gasteiger partial charge in [-0.3, -0.25) is 15.1 Å². The maximum atomic E-state index is 15.5. The van der Waals surface area contributed by atoms with Crippen LogP contribution in [0.5, 0.6) is 5.75 Å². The molecule has 1 aromatic heterocycles. The lowest BCUT2D eigenvalue weighted by Gasteiger charge is -2.37. The molecule has 2 aliphatic rings. The van der Waals surface area contributed by atoms with Crippen molar-refractivity contribution in [1.29, 1.82) is 0 Å². The molecule has 2 N–H and O–H groups in total. The number of benzene rings is 2. The van der Waals surface area contributed by atoms with Crippen LogP contribution in [0.2, 0.25) is 0 Å². The summed E-state index contributed by atoms with van der Waals surface area (Å²) in [6.07, 6.45) is 3.06. The molecule has 1 saturated heterocycles. The number of hydrazone groups is 1. The molecule has 0 unspecified atom stereocenters. The molecule has 38 heavy (non-hydrogen) atoms. The molecule has 200 valence electrons. The van der Waals surface area contributed by atoms with E-state index in [9.17, 15) is 19.1 Å². The van der Waals surface area contributed by atoms with Gasteiger partial charge in [-0.05, 0) is 50.1 Å². The van der Waals surface area contributed by atoms with Gasteiger partial charge in [0.05, 0.1) is 23.7 Å². The van der Waals surface area contributed by atoms with Crippen molar-refractivity contribution >= 4 is 34.0 Å². The molecule has 2 fully saturated rings. The van der Waals surface area contributed by atoms with Gasteiger partial charge in [0.15, 0.2) is 11.6 Å². The third-order valence-corrected chi connectivity index (χ3v) is 6.93. The van der Waals surface area contributed by atoms with Gasteiger partial charge in [0.2, 0.25) is 5.43 Å². The van der Waals surface area contributed by atoms with Gasteiger partial charge in [-0.15, -0.1) is 0 Å². The summed E-state index contributed by atoms with van der Waals surface area (Å²) in [4.78, 5) is 28.7. The molecule has 0 bridgehead atoms. The van der Waals surface area contributed by atoms with Crippen molar-refractivity contribution in [3.05, 3.63) is 63.9 Å². The first-order chi connectivity index (χ1) is 18.3. The number of aromatic nitrogens is 1. The number of rotatable bonds is 8. The number of nitrogens with one attached hydrogen (secondary N) is 1. The molecule has 5 rings (SSSR count). The number of carbonyl (C=O) groups is 1. The molecule has 11 heteroatoms. The Balaban J connectivity index is 1.36. The van der Waals surface area contributed by atoms with Gasteiger partial charge in [-0.25, -0.2) is 13.6 Å². The van der Waals surface area contributed by atoms with Gasteiger partial charge in [-0.2, -0.15) is 5.10 Å².